The molecule has 0 unspecified atom stereocenters. The Labute approximate surface area is 147 Å². The van der Waals surface area contributed by atoms with Crippen molar-refractivity contribution in [3.8, 4) is 11.4 Å². The van der Waals surface area contributed by atoms with Crippen LogP contribution in [0, 0.1) is 5.41 Å². The predicted molar refractivity (Wildman–Crippen MR) is 95.5 cm³/mol. The van der Waals surface area contributed by atoms with E-state index in [2.05, 4.69) is 30.7 Å². The van der Waals surface area contributed by atoms with Crippen molar-refractivity contribution in [3.63, 3.8) is 0 Å². The second-order valence-corrected chi connectivity index (χ2v) is 7.69. The molecule has 4 heterocycles. The number of aliphatic imine (C=N–C) groups is 1. The summed E-state index contributed by atoms with van der Waals surface area (Å²) in [4.78, 5) is 22.9. The Kier molecular flexibility index (Phi) is 4.07. The average Bonchev–Trinajstić information content (AvgIpc) is 3.07. The van der Waals surface area contributed by atoms with Gasteiger partial charge in [-0.25, -0.2) is 19.9 Å². The van der Waals surface area contributed by atoms with Crippen LogP contribution < -0.4 is 0 Å². The molecule has 4 rings (SSSR count). The summed E-state index contributed by atoms with van der Waals surface area (Å²) in [6.07, 6.45) is 7.06. The van der Waals surface area contributed by atoms with Crippen LogP contribution >= 0.6 is 0 Å². The molecule has 0 aromatic carbocycles. The van der Waals surface area contributed by atoms with E-state index in [1.807, 2.05) is 0 Å². The number of fused-ring (bicyclic) bond motifs is 1. The minimum atomic E-state index is -0.0446. The standard InChI is InChI=1S/C19H23N5O/c1-19(2,3)17-16-14(10-22-17)15(12-4-6-25-7-5-12)23-18(24-16)13-8-20-11-21-9-13/h8-9,11-12H,4-7,10H2,1-3H3. The van der Waals surface area contributed by atoms with Gasteiger partial charge in [-0.3, -0.25) is 4.99 Å². The first-order valence-electron chi connectivity index (χ1n) is 8.83. The smallest absolute Gasteiger partial charge is 0.163 e. The van der Waals surface area contributed by atoms with E-state index in [4.69, 9.17) is 19.7 Å². The lowest BCUT2D eigenvalue weighted by molar-refractivity contribution is 0.0843. The molecule has 0 amide bonds. The Bertz CT molecular complexity index is 805. The molecule has 0 atom stereocenters. The highest BCUT2D eigenvalue weighted by Crippen LogP contribution is 2.36. The third-order valence-electron chi connectivity index (χ3n) is 4.80. The third kappa shape index (κ3) is 3.06. The summed E-state index contributed by atoms with van der Waals surface area (Å²) in [5.41, 5.74) is 5.20. The van der Waals surface area contributed by atoms with Crippen LogP contribution in [0.25, 0.3) is 11.4 Å². The van der Waals surface area contributed by atoms with Crippen molar-refractivity contribution in [2.24, 2.45) is 10.4 Å². The van der Waals surface area contributed by atoms with Gasteiger partial charge < -0.3 is 4.74 Å². The molecule has 0 saturated carbocycles. The van der Waals surface area contributed by atoms with E-state index in [1.54, 1.807) is 12.4 Å². The summed E-state index contributed by atoms with van der Waals surface area (Å²) in [6, 6.07) is 0. The highest BCUT2D eigenvalue weighted by molar-refractivity contribution is 6.05. The highest BCUT2D eigenvalue weighted by Gasteiger charge is 2.33. The molecule has 130 valence electrons. The number of nitrogens with zero attached hydrogens (tertiary/aromatic N) is 5. The number of aromatic nitrogens is 4. The van der Waals surface area contributed by atoms with Gasteiger partial charge >= 0.3 is 0 Å². The van der Waals surface area contributed by atoms with Gasteiger partial charge in [-0.1, -0.05) is 20.8 Å². The summed E-state index contributed by atoms with van der Waals surface area (Å²) in [5, 5.41) is 0. The molecule has 6 heteroatoms. The Morgan fingerprint density at radius 3 is 2.44 bits per heavy atom. The summed E-state index contributed by atoms with van der Waals surface area (Å²) in [5.74, 6) is 1.10. The first-order chi connectivity index (χ1) is 12.0. The number of rotatable bonds is 2. The zero-order chi connectivity index (χ0) is 17.4. The lowest BCUT2D eigenvalue weighted by Gasteiger charge is -2.25. The Morgan fingerprint density at radius 1 is 1.04 bits per heavy atom. The fraction of sp³-hybridized carbons (Fsp3) is 0.526. The predicted octanol–water partition coefficient (Wildman–Crippen LogP) is 3.18. The van der Waals surface area contributed by atoms with Gasteiger partial charge in [0, 0.05) is 42.5 Å². The Balaban J connectivity index is 1.86. The Hall–Kier alpha value is -2.21. The van der Waals surface area contributed by atoms with E-state index in [0.717, 1.165) is 48.7 Å². The van der Waals surface area contributed by atoms with Gasteiger partial charge in [0.2, 0.25) is 0 Å². The maximum atomic E-state index is 5.54. The molecule has 6 nitrogen and oxygen atoms in total. The van der Waals surface area contributed by atoms with E-state index in [9.17, 15) is 0 Å². The van der Waals surface area contributed by atoms with Gasteiger partial charge in [-0.2, -0.15) is 0 Å². The van der Waals surface area contributed by atoms with Crippen LogP contribution in [0.2, 0.25) is 0 Å². The lowest BCUT2D eigenvalue weighted by atomic mass is 9.85. The van der Waals surface area contributed by atoms with Crippen molar-refractivity contribution in [2.45, 2.75) is 46.1 Å². The first-order valence-corrected chi connectivity index (χ1v) is 8.83. The SMILES string of the molecule is CC(C)(C)C1=NCc2c1nc(-c1cncnc1)nc2C1CCOCC1. The van der Waals surface area contributed by atoms with Crippen molar-refractivity contribution < 1.29 is 4.74 Å². The highest BCUT2D eigenvalue weighted by atomic mass is 16.5. The maximum absolute atomic E-state index is 5.54. The van der Waals surface area contributed by atoms with Crippen LogP contribution in [0.3, 0.4) is 0 Å². The van der Waals surface area contributed by atoms with Gasteiger partial charge in [-0.15, -0.1) is 0 Å². The molecular weight excluding hydrogens is 314 g/mol. The fourth-order valence-corrected chi connectivity index (χ4v) is 3.53. The van der Waals surface area contributed by atoms with Gasteiger partial charge in [0.25, 0.3) is 0 Å². The minimum absolute atomic E-state index is 0.0446. The van der Waals surface area contributed by atoms with Gasteiger partial charge in [-0.05, 0) is 12.8 Å². The van der Waals surface area contributed by atoms with Gasteiger partial charge in [0.1, 0.15) is 6.33 Å². The molecular formula is C19H23N5O. The Morgan fingerprint density at radius 2 is 1.76 bits per heavy atom. The quantitative estimate of drug-likeness (QED) is 0.841. The maximum Gasteiger partial charge on any atom is 0.163 e. The number of ether oxygens (including phenoxy) is 1. The van der Waals surface area contributed by atoms with E-state index in [-0.39, 0.29) is 5.41 Å². The molecule has 2 aromatic heterocycles. The largest absolute Gasteiger partial charge is 0.381 e. The minimum Gasteiger partial charge on any atom is -0.381 e. The monoisotopic (exact) mass is 337 g/mol. The number of hydrogen-bond acceptors (Lipinski definition) is 6. The van der Waals surface area contributed by atoms with Crippen LogP contribution in [0.1, 0.15) is 56.5 Å². The third-order valence-corrected chi connectivity index (χ3v) is 4.80. The topological polar surface area (TPSA) is 73.2 Å². The molecule has 0 bridgehead atoms. The molecule has 0 N–H and O–H groups in total. The summed E-state index contributed by atoms with van der Waals surface area (Å²) in [6.45, 7) is 8.81. The lowest BCUT2D eigenvalue weighted by Crippen LogP contribution is -2.23. The van der Waals surface area contributed by atoms with Crippen LogP contribution in [-0.4, -0.2) is 38.9 Å². The van der Waals surface area contributed by atoms with Crippen LogP contribution in [0.4, 0.5) is 0 Å². The molecule has 2 aliphatic heterocycles. The van der Waals surface area contributed by atoms with E-state index in [1.165, 1.54) is 11.9 Å². The van der Waals surface area contributed by atoms with E-state index >= 15 is 0 Å². The van der Waals surface area contributed by atoms with Crippen LogP contribution in [0.15, 0.2) is 23.7 Å². The van der Waals surface area contributed by atoms with Crippen molar-refractivity contribution in [1.29, 1.82) is 0 Å². The molecule has 2 aromatic rings. The fourth-order valence-electron chi connectivity index (χ4n) is 3.53. The summed E-state index contributed by atoms with van der Waals surface area (Å²) >= 11 is 0. The van der Waals surface area contributed by atoms with Crippen LogP contribution in [0.5, 0.6) is 0 Å². The first kappa shape index (κ1) is 16.3. The van der Waals surface area contributed by atoms with Crippen molar-refractivity contribution in [3.05, 3.63) is 35.7 Å². The molecule has 0 aliphatic carbocycles. The van der Waals surface area contributed by atoms with E-state index in [0.29, 0.717) is 18.3 Å². The van der Waals surface area contributed by atoms with Crippen molar-refractivity contribution >= 4 is 5.71 Å². The van der Waals surface area contributed by atoms with Crippen molar-refractivity contribution in [2.75, 3.05) is 13.2 Å². The zero-order valence-corrected chi connectivity index (χ0v) is 15.0. The molecule has 1 fully saturated rings. The average molecular weight is 337 g/mol. The summed E-state index contributed by atoms with van der Waals surface area (Å²) < 4.78 is 5.54. The molecule has 2 aliphatic rings. The summed E-state index contributed by atoms with van der Waals surface area (Å²) in [7, 11) is 0. The molecule has 0 radical (unpaired) electrons. The normalized spacial score (nSPS) is 18.1. The van der Waals surface area contributed by atoms with Crippen molar-refractivity contribution in [1.82, 2.24) is 19.9 Å². The van der Waals surface area contributed by atoms with E-state index < -0.39 is 0 Å². The van der Waals surface area contributed by atoms with Gasteiger partial charge in [0.05, 0.1) is 29.2 Å². The van der Waals surface area contributed by atoms with Gasteiger partial charge in [0.15, 0.2) is 5.82 Å². The second kappa shape index (κ2) is 6.26. The molecule has 1 saturated heterocycles. The molecule has 0 spiro atoms. The number of hydrogen-bond donors (Lipinski definition) is 0. The molecule has 25 heavy (non-hydrogen) atoms. The second-order valence-electron chi connectivity index (χ2n) is 7.69. The van der Waals surface area contributed by atoms with Crippen LogP contribution in [-0.2, 0) is 11.3 Å². The zero-order valence-electron chi connectivity index (χ0n) is 15.0.